The minimum absolute atomic E-state index is 0.0164. The molecule has 3 aliphatic heterocycles. The third-order valence-electron chi connectivity index (χ3n) is 7.27. The van der Waals surface area contributed by atoms with Gasteiger partial charge in [0, 0.05) is 30.4 Å². The van der Waals surface area contributed by atoms with E-state index in [1.54, 1.807) is 18.3 Å². The van der Waals surface area contributed by atoms with E-state index in [0.717, 1.165) is 18.6 Å². The standard InChI is InChI=1S/C25H25F2N7O3S/c26-14-3-8-19(27)18(10-14)21-2-1-9-33(21)25-29-12-20-23(32-25)34-13-16(11-22(34)24(35)31-20)30-15-4-6-17(7-5-15)38(28,36)37/h3-8,10,12,16,21-22,30H,1-2,9,11,13H2,(H,31,35)(H2,28,36,37)/t16-,21?,22-/m0/s1. The summed E-state index contributed by atoms with van der Waals surface area (Å²) in [6.07, 6.45) is 3.47. The number of hydrogen-bond donors (Lipinski definition) is 3. The molecule has 0 aliphatic carbocycles. The van der Waals surface area contributed by atoms with Gasteiger partial charge in [-0.1, -0.05) is 0 Å². The molecule has 2 aromatic carbocycles. The summed E-state index contributed by atoms with van der Waals surface area (Å²) < 4.78 is 51.5. The number of aromatic nitrogens is 2. The van der Waals surface area contributed by atoms with Crippen molar-refractivity contribution in [2.24, 2.45) is 5.14 Å². The van der Waals surface area contributed by atoms with Crippen molar-refractivity contribution in [2.45, 2.75) is 42.3 Å². The van der Waals surface area contributed by atoms with Crippen LogP contribution in [0.2, 0.25) is 0 Å². The molecule has 0 spiro atoms. The molecule has 3 aliphatic rings. The van der Waals surface area contributed by atoms with Crippen LogP contribution >= 0.6 is 0 Å². The molecule has 13 heteroatoms. The number of hydrogen-bond acceptors (Lipinski definition) is 8. The topological polar surface area (TPSA) is 134 Å². The number of benzene rings is 2. The van der Waals surface area contributed by atoms with Crippen LogP contribution in [0, 0.1) is 11.6 Å². The summed E-state index contributed by atoms with van der Waals surface area (Å²) in [6.45, 7) is 1.06. The number of nitrogens with zero attached hydrogens (tertiary/aromatic N) is 4. The average molecular weight is 542 g/mol. The predicted molar refractivity (Wildman–Crippen MR) is 137 cm³/mol. The van der Waals surface area contributed by atoms with Crippen molar-refractivity contribution in [1.82, 2.24) is 9.97 Å². The number of rotatable bonds is 5. The van der Waals surface area contributed by atoms with Crippen LogP contribution in [0.25, 0.3) is 0 Å². The van der Waals surface area contributed by atoms with Crippen molar-refractivity contribution in [3.8, 4) is 0 Å². The van der Waals surface area contributed by atoms with E-state index in [0.29, 0.717) is 49.1 Å². The van der Waals surface area contributed by atoms with Gasteiger partial charge in [-0.15, -0.1) is 0 Å². The van der Waals surface area contributed by atoms with E-state index in [1.165, 1.54) is 18.2 Å². The molecule has 6 rings (SSSR count). The fraction of sp³-hybridized carbons (Fsp3) is 0.320. The maximum absolute atomic E-state index is 14.6. The highest BCUT2D eigenvalue weighted by molar-refractivity contribution is 7.89. The Labute approximate surface area is 217 Å². The van der Waals surface area contributed by atoms with E-state index in [4.69, 9.17) is 10.1 Å². The van der Waals surface area contributed by atoms with Crippen molar-refractivity contribution in [3.05, 3.63) is 65.9 Å². The summed E-state index contributed by atoms with van der Waals surface area (Å²) in [5.41, 5.74) is 1.46. The van der Waals surface area contributed by atoms with Gasteiger partial charge in [0.15, 0.2) is 5.82 Å². The second-order valence-electron chi connectivity index (χ2n) is 9.73. The van der Waals surface area contributed by atoms with Crippen molar-refractivity contribution >= 4 is 39.1 Å². The van der Waals surface area contributed by atoms with E-state index >= 15 is 0 Å². The maximum atomic E-state index is 14.6. The quantitative estimate of drug-likeness (QED) is 0.449. The minimum atomic E-state index is -3.79. The van der Waals surface area contributed by atoms with Gasteiger partial charge in [0.2, 0.25) is 21.9 Å². The zero-order valence-corrected chi connectivity index (χ0v) is 21.0. The first-order valence-corrected chi connectivity index (χ1v) is 13.8. The van der Waals surface area contributed by atoms with Crippen LogP contribution in [0.5, 0.6) is 0 Å². The Morgan fingerprint density at radius 2 is 1.87 bits per heavy atom. The van der Waals surface area contributed by atoms with Crippen LogP contribution in [0.3, 0.4) is 0 Å². The molecule has 3 aromatic rings. The van der Waals surface area contributed by atoms with E-state index in [-0.39, 0.29) is 22.4 Å². The summed E-state index contributed by atoms with van der Waals surface area (Å²) in [6, 6.07) is 8.60. The smallest absolute Gasteiger partial charge is 0.247 e. The molecule has 1 aromatic heterocycles. The summed E-state index contributed by atoms with van der Waals surface area (Å²) in [4.78, 5) is 25.9. The van der Waals surface area contributed by atoms with Crippen LogP contribution in [-0.2, 0) is 14.8 Å². The highest BCUT2D eigenvalue weighted by Gasteiger charge is 2.43. The maximum Gasteiger partial charge on any atom is 0.247 e. The Morgan fingerprint density at radius 1 is 1.08 bits per heavy atom. The van der Waals surface area contributed by atoms with Crippen molar-refractivity contribution < 1.29 is 22.0 Å². The molecule has 0 saturated carbocycles. The predicted octanol–water partition coefficient (Wildman–Crippen LogP) is 2.76. The highest BCUT2D eigenvalue weighted by atomic mass is 32.2. The molecule has 10 nitrogen and oxygen atoms in total. The van der Waals surface area contributed by atoms with Crippen molar-refractivity contribution in [3.63, 3.8) is 0 Å². The first-order chi connectivity index (χ1) is 18.2. The molecule has 198 valence electrons. The van der Waals surface area contributed by atoms with Gasteiger partial charge in [0.25, 0.3) is 0 Å². The number of carbonyl (C=O) groups is 1. The van der Waals surface area contributed by atoms with Gasteiger partial charge in [-0.25, -0.2) is 27.3 Å². The summed E-state index contributed by atoms with van der Waals surface area (Å²) in [5.74, 6) is -0.179. The lowest BCUT2D eigenvalue weighted by molar-refractivity contribution is -0.117. The van der Waals surface area contributed by atoms with Crippen LogP contribution < -0.4 is 25.6 Å². The van der Waals surface area contributed by atoms with Gasteiger partial charge in [-0.3, -0.25) is 4.79 Å². The monoisotopic (exact) mass is 541 g/mol. The molecule has 0 bridgehead atoms. The highest BCUT2D eigenvalue weighted by Crippen LogP contribution is 2.40. The molecule has 2 fully saturated rings. The number of nitrogens with one attached hydrogen (secondary N) is 2. The fourth-order valence-corrected chi connectivity index (χ4v) is 6.04. The second kappa shape index (κ2) is 9.17. The number of halogens is 2. The Kier molecular flexibility index (Phi) is 5.91. The Bertz CT molecular complexity index is 1520. The van der Waals surface area contributed by atoms with E-state index < -0.39 is 33.7 Å². The van der Waals surface area contributed by atoms with E-state index in [2.05, 4.69) is 15.6 Å². The second-order valence-corrected chi connectivity index (χ2v) is 11.3. The van der Waals surface area contributed by atoms with Crippen LogP contribution in [0.1, 0.15) is 30.9 Å². The third kappa shape index (κ3) is 4.41. The van der Waals surface area contributed by atoms with Crippen molar-refractivity contribution in [2.75, 3.05) is 33.5 Å². The largest absolute Gasteiger partial charge is 0.380 e. The lowest BCUT2D eigenvalue weighted by Crippen LogP contribution is -2.44. The molecular formula is C25H25F2N7O3S. The van der Waals surface area contributed by atoms with E-state index in [1.807, 2.05) is 9.80 Å². The van der Waals surface area contributed by atoms with Gasteiger partial charge >= 0.3 is 0 Å². The van der Waals surface area contributed by atoms with Crippen LogP contribution in [0.4, 0.5) is 31.9 Å². The number of anilines is 4. The first kappa shape index (κ1) is 24.5. The minimum Gasteiger partial charge on any atom is -0.380 e. The molecule has 1 amide bonds. The zero-order chi connectivity index (χ0) is 26.6. The molecule has 1 unspecified atom stereocenters. The number of primary sulfonamides is 1. The number of amides is 1. The summed E-state index contributed by atoms with van der Waals surface area (Å²) >= 11 is 0. The molecular weight excluding hydrogens is 516 g/mol. The molecule has 38 heavy (non-hydrogen) atoms. The number of fused-ring (bicyclic) bond motifs is 3. The van der Waals surface area contributed by atoms with Crippen molar-refractivity contribution in [1.29, 1.82) is 0 Å². The van der Waals surface area contributed by atoms with Gasteiger partial charge in [0.05, 0.1) is 17.1 Å². The van der Waals surface area contributed by atoms with E-state index in [9.17, 15) is 22.0 Å². The van der Waals surface area contributed by atoms with Crippen LogP contribution in [0.15, 0.2) is 53.6 Å². The average Bonchev–Trinajstić information content (AvgIpc) is 3.53. The number of carbonyl (C=O) groups excluding carboxylic acids is 1. The Hall–Kier alpha value is -3.84. The molecule has 2 saturated heterocycles. The normalized spacial score (nSPS) is 22.7. The molecule has 3 atom stereocenters. The van der Waals surface area contributed by atoms with Gasteiger partial charge < -0.3 is 20.4 Å². The first-order valence-electron chi connectivity index (χ1n) is 12.2. The summed E-state index contributed by atoms with van der Waals surface area (Å²) in [5, 5.41) is 11.4. The zero-order valence-electron chi connectivity index (χ0n) is 20.1. The number of sulfonamides is 1. The molecule has 4 heterocycles. The lowest BCUT2D eigenvalue weighted by atomic mass is 10.0. The van der Waals surface area contributed by atoms with Crippen LogP contribution in [-0.4, -0.2) is 49.5 Å². The van der Waals surface area contributed by atoms with Gasteiger partial charge in [0.1, 0.15) is 23.4 Å². The lowest BCUT2D eigenvalue weighted by Gasteiger charge is -2.33. The Morgan fingerprint density at radius 3 is 2.63 bits per heavy atom. The Balaban J connectivity index is 1.25. The fourth-order valence-electron chi connectivity index (χ4n) is 5.52. The molecule has 0 radical (unpaired) electrons. The number of nitrogens with two attached hydrogens (primary N) is 1. The SMILES string of the molecule is NS(=O)(=O)c1ccc(N[C@H]2C[C@H]3C(=O)Nc4cnc(N5CCCC5c5cc(F)ccc5F)nc4N3C2)cc1. The van der Waals surface area contributed by atoms with Gasteiger partial charge in [-0.05, 0) is 61.7 Å². The summed E-state index contributed by atoms with van der Waals surface area (Å²) in [7, 11) is -3.79. The third-order valence-corrected chi connectivity index (χ3v) is 8.20. The molecule has 4 N–H and O–H groups in total. The van der Waals surface area contributed by atoms with Gasteiger partial charge in [-0.2, -0.15) is 4.98 Å².